The molecule has 0 atom stereocenters. The van der Waals surface area contributed by atoms with Crippen molar-refractivity contribution in [2.24, 2.45) is 5.92 Å². The van der Waals surface area contributed by atoms with Gasteiger partial charge < -0.3 is 10.1 Å². The third kappa shape index (κ3) is 6.69. The maximum Gasteiger partial charge on any atom is 0.407 e. The van der Waals surface area contributed by atoms with Crippen LogP contribution in [0, 0.1) is 5.92 Å². The van der Waals surface area contributed by atoms with Crippen LogP contribution in [0.4, 0.5) is 4.79 Å². The number of carbonyl (C=O) groups is 1. The van der Waals surface area contributed by atoms with E-state index in [1.54, 1.807) is 0 Å². The zero-order valence-electron chi connectivity index (χ0n) is 14.3. The minimum absolute atomic E-state index is 0.289. The van der Waals surface area contributed by atoms with E-state index in [2.05, 4.69) is 24.3 Å². The summed E-state index contributed by atoms with van der Waals surface area (Å²) in [6.45, 7) is 6.09. The van der Waals surface area contributed by atoms with Crippen molar-refractivity contribution < 1.29 is 9.53 Å². The van der Waals surface area contributed by atoms with Gasteiger partial charge >= 0.3 is 6.09 Å². The number of nitrogens with zero attached hydrogens (tertiary/aromatic N) is 2. The molecule has 0 aliphatic carbocycles. The fraction of sp³-hybridized carbons (Fsp3) is 0.368. The number of rotatable bonds is 8. The van der Waals surface area contributed by atoms with Gasteiger partial charge in [0.25, 0.3) is 0 Å². The zero-order valence-corrected chi connectivity index (χ0v) is 14.3. The second-order valence-corrected chi connectivity index (χ2v) is 6.07. The van der Waals surface area contributed by atoms with Gasteiger partial charge in [-0.3, -0.25) is 4.68 Å². The average molecular weight is 327 g/mol. The van der Waals surface area contributed by atoms with Crippen LogP contribution in [0.25, 0.3) is 6.08 Å². The van der Waals surface area contributed by atoms with Crippen molar-refractivity contribution in [3.8, 4) is 0 Å². The van der Waals surface area contributed by atoms with Crippen LogP contribution in [0.15, 0.2) is 48.8 Å². The van der Waals surface area contributed by atoms with E-state index >= 15 is 0 Å². The number of alkyl carbamates (subject to hydrolysis) is 1. The van der Waals surface area contributed by atoms with E-state index in [0.29, 0.717) is 12.5 Å². The van der Waals surface area contributed by atoms with Gasteiger partial charge in [0.2, 0.25) is 0 Å². The molecule has 1 N–H and O–H groups in total. The summed E-state index contributed by atoms with van der Waals surface area (Å²) in [5, 5.41) is 7.05. The van der Waals surface area contributed by atoms with Gasteiger partial charge in [-0.15, -0.1) is 0 Å². The van der Waals surface area contributed by atoms with E-state index in [1.165, 1.54) is 0 Å². The van der Waals surface area contributed by atoms with Crippen LogP contribution in [-0.2, 0) is 17.9 Å². The van der Waals surface area contributed by atoms with Gasteiger partial charge in [-0.1, -0.05) is 56.3 Å². The molecule has 0 unspecified atom stereocenters. The molecule has 0 spiro atoms. The van der Waals surface area contributed by atoms with Crippen LogP contribution in [0.5, 0.6) is 0 Å². The molecule has 2 aromatic rings. The summed E-state index contributed by atoms with van der Waals surface area (Å²) in [5.74, 6) is 0.577. The summed E-state index contributed by atoms with van der Waals surface area (Å²) in [5.41, 5.74) is 2.05. The Morgan fingerprint density at radius 1 is 1.33 bits per heavy atom. The molecule has 1 aromatic heterocycles. The normalized spacial score (nSPS) is 11.1. The number of nitrogens with one attached hydrogen (secondary N) is 1. The van der Waals surface area contributed by atoms with Gasteiger partial charge in [-0.05, 0) is 17.9 Å². The number of hydrogen-bond acceptors (Lipinski definition) is 3. The molecule has 0 radical (unpaired) electrons. The van der Waals surface area contributed by atoms with Crippen LogP contribution in [0.2, 0.25) is 0 Å². The summed E-state index contributed by atoms with van der Waals surface area (Å²) in [7, 11) is 0. The number of hydrogen-bond donors (Lipinski definition) is 1. The van der Waals surface area contributed by atoms with E-state index in [1.807, 2.05) is 59.6 Å². The lowest BCUT2D eigenvalue weighted by molar-refractivity contribution is 0.140. The Morgan fingerprint density at radius 2 is 2.12 bits per heavy atom. The molecule has 0 fully saturated rings. The van der Waals surface area contributed by atoms with E-state index < -0.39 is 6.09 Å². The molecular formula is C19H25N3O2. The summed E-state index contributed by atoms with van der Waals surface area (Å²) < 4.78 is 7.09. The average Bonchev–Trinajstić information content (AvgIpc) is 3.00. The number of carbonyl (C=O) groups excluding carboxylic acids is 1. The fourth-order valence-electron chi connectivity index (χ4n) is 2.19. The first-order chi connectivity index (χ1) is 11.6. The molecule has 1 aromatic carbocycles. The summed E-state index contributed by atoms with van der Waals surface area (Å²) >= 11 is 0. The third-order valence-corrected chi connectivity index (χ3v) is 3.31. The standard InChI is InChI=1S/C19H25N3O2/c1-16(2)13-22-14-18(12-21-22)10-6-7-11-20-19(23)24-15-17-8-4-3-5-9-17/h3-6,8-10,12,14,16H,7,11,13,15H2,1-2H3,(H,20,23). The number of ether oxygens (including phenoxy) is 1. The molecular weight excluding hydrogens is 302 g/mol. The van der Waals surface area contributed by atoms with Gasteiger partial charge in [0.1, 0.15) is 6.61 Å². The first kappa shape index (κ1) is 17.8. The highest BCUT2D eigenvalue weighted by Gasteiger charge is 2.01. The second kappa shape index (κ2) is 9.55. The van der Waals surface area contributed by atoms with Gasteiger partial charge in [-0.2, -0.15) is 5.10 Å². The highest BCUT2D eigenvalue weighted by molar-refractivity contribution is 5.67. The van der Waals surface area contributed by atoms with Crippen LogP contribution < -0.4 is 5.32 Å². The molecule has 0 saturated carbocycles. The van der Waals surface area contributed by atoms with Crippen molar-refractivity contribution in [1.82, 2.24) is 15.1 Å². The minimum atomic E-state index is -0.392. The first-order valence-corrected chi connectivity index (χ1v) is 8.27. The maximum atomic E-state index is 11.6. The SMILES string of the molecule is CC(C)Cn1cc(C=CCCNC(=O)OCc2ccccc2)cn1. The van der Waals surface area contributed by atoms with Crippen LogP contribution in [0.3, 0.4) is 0 Å². The molecule has 128 valence electrons. The third-order valence-electron chi connectivity index (χ3n) is 3.31. The van der Waals surface area contributed by atoms with E-state index in [0.717, 1.165) is 24.1 Å². The van der Waals surface area contributed by atoms with Crippen molar-refractivity contribution >= 4 is 12.2 Å². The van der Waals surface area contributed by atoms with Gasteiger partial charge in [0, 0.05) is 24.8 Å². The van der Waals surface area contributed by atoms with Crippen molar-refractivity contribution in [3.05, 3.63) is 59.9 Å². The topological polar surface area (TPSA) is 56.2 Å². The Morgan fingerprint density at radius 3 is 2.88 bits per heavy atom. The monoisotopic (exact) mass is 327 g/mol. The molecule has 0 saturated heterocycles. The van der Waals surface area contributed by atoms with Gasteiger partial charge in [-0.25, -0.2) is 4.79 Å². The molecule has 0 aliphatic rings. The van der Waals surface area contributed by atoms with Crippen molar-refractivity contribution in [2.45, 2.75) is 33.4 Å². The molecule has 2 rings (SSSR count). The fourth-order valence-corrected chi connectivity index (χ4v) is 2.19. The first-order valence-electron chi connectivity index (χ1n) is 8.27. The van der Waals surface area contributed by atoms with Crippen molar-refractivity contribution in [2.75, 3.05) is 6.54 Å². The predicted octanol–water partition coefficient (Wildman–Crippen LogP) is 3.87. The molecule has 1 heterocycles. The summed E-state index contributed by atoms with van der Waals surface area (Å²) in [4.78, 5) is 11.6. The Labute approximate surface area is 143 Å². The second-order valence-electron chi connectivity index (χ2n) is 6.07. The summed E-state index contributed by atoms with van der Waals surface area (Å²) in [6, 6.07) is 9.63. The smallest absolute Gasteiger partial charge is 0.407 e. The minimum Gasteiger partial charge on any atom is -0.445 e. The quantitative estimate of drug-likeness (QED) is 0.749. The lowest BCUT2D eigenvalue weighted by atomic mass is 10.2. The molecule has 0 aliphatic heterocycles. The molecule has 5 nitrogen and oxygen atoms in total. The van der Waals surface area contributed by atoms with E-state index in [9.17, 15) is 4.79 Å². The Hall–Kier alpha value is -2.56. The van der Waals surface area contributed by atoms with Crippen molar-refractivity contribution in [1.29, 1.82) is 0 Å². The Balaban J connectivity index is 1.61. The van der Waals surface area contributed by atoms with Gasteiger partial charge in [0.15, 0.2) is 0 Å². The number of amides is 1. The van der Waals surface area contributed by atoms with E-state index in [-0.39, 0.29) is 6.61 Å². The molecule has 24 heavy (non-hydrogen) atoms. The zero-order chi connectivity index (χ0) is 17.2. The highest BCUT2D eigenvalue weighted by Crippen LogP contribution is 2.04. The Bertz CT molecular complexity index is 648. The number of aromatic nitrogens is 2. The van der Waals surface area contributed by atoms with E-state index in [4.69, 9.17) is 4.74 Å². The predicted molar refractivity (Wildman–Crippen MR) is 95.3 cm³/mol. The van der Waals surface area contributed by atoms with Crippen LogP contribution in [0.1, 0.15) is 31.4 Å². The summed E-state index contributed by atoms with van der Waals surface area (Å²) in [6.07, 6.45) is 8.26. The molecule has 5 heteroatoms. The maximum absolute atomic E-state index is 11.6. The lowest BCUT2D eigenvalue weighted by Crippen LogP contribution is -2.24. The Kier molecular flexibility index (Phi) is 7.08. The largest absolute Gasteiger partial charge is 0.445 e. The highest BCUT2D eigenvalue weighted by atomic mass is 16.5. The van der Waals surface area contributed by atoms with Crippen LogP contribution >= 0.6 is 0 Å². The number of benzene rings is 1. The van der Waals surface area contributed by atoms with Crippen LogP contribution in [-0.4, -0.2) is 22.4 Å². The van der Waals surface area contributed by atoms with Gasteiger partial charge in [0.05, 0.1) is 6.20 Å². The van der Waals surface area contributed by atoms with Crippen molar-refractivity contribution in [3.63, 3.8) is 0 Å². The molecule has 1 amide bonds. The molecule has 0 bridgehead atoms. The lowest BCUT2D eigenvalue weighted by Gasteiger charge is -2.05.